The van der Waals surface area contributed by atoms with Gasteiger partial charge in [0.15, 0.2) is 0 Å². The van der Waals surface area contributed by atoms with Crippen LogP contribution in [-0.4, -0.2) is 0 Å². The maximum Gasteiger partial charge on any atom is 0.0825 e. The van der Waals surface area contributed by atoms with Crippen LogP contribution in [0.5, 0.6) is 0 Å². The molecule has 0 unspecified atom stereocenters. The predicted octanol–water partition coefficient (Wildman–Crippen LogP) is 3.89. The van der Waals surface area contributed by atoms with E-state index in [1.54, 1.807) is 0 Å². The molecular formula is C15H19N. The molecule has 0 amide bonds. The minimum atomic E-state index is -0.185. The lowest BCUT2D eigenvalue weighted by atomic mass is 9.77. The summed E-state index contributed by atoms with van der Waals surface area (Å²) in [6, 6.07) is 9.03. The van der Waals surface area contributed by atoms with Crippen molar-refractivity contribution in [3.63, 3.8) is 0 Å². The summed E-state index contributed by atoms with van der Waals surface area (Å²) in [5, 5.41) is 9.51. The molecule has 1 aromatic rings. The smallest absolute Gasteiger partial charge is 0.0825 e. The van der Waals surface area contributed by atoms with Gasteiger partial charge < -0.3 is 0 Å². The number of hydrogen-bond donors (Lipinski definition) is 0. The summed E-state index contributed by atoms with van der Waals surface area (Å²) in [7, 11) is 0. The second kappa shape index (κ2) is 4.29. The zero-order valence-electron chi connectivity index (χ0n) is 10.2. The Morgan fingerprint density at radius 3 is 2.56 bits per heavy atom. The van der Waals surface area contributed by atoms with Crippen molar-refractivity contribution in [1.82, 2.24) is 0 Å². The van der Waals surface area contributed by atoms with Crippen LogP contribution in [0, 0.1) is 18.3 Å². The van der Waals surface area contributed by atoms with Gasteiger partial charge in [-0.2, -0.15) is 5.26 Å². The van der Waals surface area contributed by atoms with Gasteiger partial charge in [0.05, 0.1) is 11.5 Å². The van der Waals surface area contributed by atoms with Crippen molar-refractivity contribution in [2.24, 2.45) is 0 Å². The van der Waals surface area contributed by atoms with Gasteiger partial charge in [0.1, 0.15) is 0 Å². The largest absolute Gasteiger partial charge is 0.197 e. The Bertz CT molecular complexity index is 420. The average Bonchev–Trinajstić information content (AvgIpc) is 2.79. The van der Waals surface area contributed by atoms with E-state index >= 15 is 0 Å². The Kier molecular flexibility index (Phi) is 3.01. The third-order valence-electron chi connectivity index (χ3n) is 4.01. The highest BCUT2D eigenvalue weighted by molar-refractivity contribution is 5.43. The third kappa shape index (κ3) is 1.63. The standard InChI is InChI=1S/C15H19N/c1-3-13-7-6-8-14(12(13)2)15(11-16)9-4-5-10-15/h6-8H,3-5,9-10H2,1-2H3. The van der Waals surface area contributed by atoms with E-state index in [1.807, 2.05) is 0 Å². The lowest BCUT2D eigenvalue weighted by Crippen LogP contribution is -2.21. The van der Waals surface area contributed by atoms with E-state index in [4.69, 9.17) is 0 Å². The second-order valence-corrected chi connectivity index (χ2v) is 4.84. The van der Waals surface area contributed by atoms with E-state index in [-0.39, 0.29) is 5.41 Å². The Labute approximate surface area is 98.1 Å². The fourth-order valence-corrected chi connectivity index (χ4v) is 3.00. The van der Waals surface area contributed by atoms with Gasteiger partial charge in [0.2, 0.25) is 0 Å². The first-order valence-corrected chi connectivity index (χ1v) is 6.24. The van der Waals surface area contributed by atoms with Crippen LogP contribution in [0.3, 0.4) is 0 Å². The van der Waals surface area contributed by atoms with Gasteiger partial charge in [0, 0.05) is 0 Å². The van der Waals surface area contributed by atoms with E-state index < -0.39 is 0 Å². The molecule has 1 saturated carbocycles. The summed E-state index contributed by atoms with van der Waals surface area (Å²) in [5.74, 6) is 0. The molecule has 0 N–H and O–H groups in total. The summed E-state index contributed by atoms with van der Waals surface area (Å²) in [5.41, 5.74) is 3.83. The lowest BCUT2D eigenvalue weighted by Gasteiger charge is -2.24. The molecule has 1 aliphatic carbocycles. The van der Waals surface area contributed by atoms with Crippen molar-refractivity contribution in [3.8, 4) is 6.07 Å². The van der Waals surface area contributed by atoms with Gasteiger partial charge in [-0.1, -0.05) is 38.0 Å². The van der Waals surface area contributed by atoms with Crippen molar-refractivity contribution in [2.45, 2.75) is 51.4 Å². The molecule has 0 spiro atoms. The van der Waals surface area contributed by atoms with Gasteiger partial charge in [-0.15, -0.1) is 0 Å². The predicted molar refractivity (Wildman–Crippen MR) is 66.3 cm³/mol. The fraction of sp³-hybridized carbons (Fsp3) is 0.533. The quantitative estimate of drug-likeness (QED) is 0.731. The van der Waals surface area contributed by atoms with Crippen molar-refractivity contribution < 1.29 is 0 Å². The van der Waals surface area contributed by atoms with Crippen LogP contribution in [0.4, 0.5) is 0 Å². The minimum absolute atomic E-state index is 0.185. The van der Waals surface area contributed by atoms with Crippen LogP contribution in [0.2, 0.25) is 0 Å². The Morgan fingerprint density at radius 2 is 2.00 bits per heavy atom. The van der Waals surface area contributed by atoms with E-state index in [0.29, 0.717) is 0 Å². The van der Waals surface area contributed by atoms with E-state index in [1.165, 1.54) is 29.5 Å². The summed E-state index contributed by atoms with van der Waals surface area (Å²) in [6.45, 7) is 4.35. The summed E-state index contributed by atoms with van der Waals surface area (Å²) in [4.78, 5) is 0. The molecule has 0 aromatic heterocycles. The van der Waals surface area contributed by atoms with Crippen molar-refractivity contribution in [1.29, 1.82) is 5.26 Å². The summed E-state index contributed by atoms with van der Waals surface area (Å²) in [6.07, 6.45) is 5.53. The molecule has 0 aliphatic heterocycles. The molecule has 1 nitrogen and oxygen atoms in total. The Hall–Kier alpha value is -1.29. The molecule has 1 aliphatic rings. The Morgan fingerprint density at radius 1 is 1.31 bits per heavy atom. The lowest BCUT2D eigenvalue weighted by molar-refractivity contribution is 0.568. The van der Waals surface area contributed by atoms with Gasteiger partial charge in [-0.3, -0.25) is 0 Å². The van der Waals surface area contributed by atoms with Crippen LogP contribution in [0.15, 0.2) is 18.2 Å². The zero-order valence-corrected chi connectivity index (χ0v) is 10.2. The first kappa shape index (κ1) is 11.2. The molecule has 1 aromatic carbocycles. The number of aryl methyl sites for hydroxylation is 1. The molecule has 0 saturated heterocycles. The molecule has 1 fully saturated rings. The van der Waals surface area contributed by atoms with E-state index in [0.717, 1.165) is 19.3 Å². The minimum Gasteiger partial charge on any atom is -0.197 e. The monoisotopic (exact) mass is 213 g/mol. The highest BCUT2D eigenvalue weighted by Crippen LogP contribution is 2.42. The zero-order chi connectivity index (χ0) is 11.6. The Balaban J connectivity index is 2.51. The number of nitrogens with zero attached hydrogens (tertiary/aromatic N) is 1. The molecule has 0 heterocycles. The van der Waals surface area contributed by atoms with E-state index in [9.17, 15) is 5.26 Å². The third-order valence-corrected chi connectivity index (χ3v) is 4.01. The molecule has 0 bridgehead atoms. The molecule has 0 radical (unpaired) electrons. The van der Waals surface area contributed by atoms with Crippen LogP contribution in [0.1, 0.15) is 49.3 Å². The number of rotatable bonds is 2. The molecule has 2 rings (SSSR count). The van der Waals surface area contributed by atoms with Crippen LogP contribution in [0.25, 0.3) is 0 Å². The second-order valence-electron chi connectivity index (χ2n) is 4.84. The topological polar surface area (TPSA) is 23.8 Å². The van der Waals surface area contributed by atoms with Crippen LogP contribution in [-0.2, 0) is 11.8 Å². The SMILES string of the molecule is CCc1cccc(C2(C#N)CCCC2)c1C. The highest BCUT2D eigenvalue weighted by atomic mass is 14.4. The van der Waals surface area contributed by atoms with Crippen molar-refractivity contribution in [3.05, 3.63) is 34.9 Å². The maximum absolute atomic E-state index is 9.51. The fourth-order valence-electron chi connectivity index (χ4n) is 3.00. The van der Waals surface area contributed by atoms with Crippen LogP contribution >= 0.6 is 0 Å². The molecular weight excluding hydrogens is 194 g/mol. The summed E-state index contributed by atoms with van der Waals surface area (Å²) < 4.78 is 0. The number of hydrogen-bond acceptors (Lipinski definition) is 1. The number of nitriles is 1. The summed E-state index contributed by atoms with van der Waals surface area (Å²) >= 11 is 0. The van der Waals surface area contributed by atoms with Gasteiger partial charge in [-0.25, -0.2) is 0 Å². The highest BCUT2D eigenvalue weighted by Gasteiger charge is 2.36. The normalized spacial score (nSPS) is 18.3. The molecule has 1 heteroatoms. The maximum atomic E-state index is 9.51. The molecule has 16 heavy (non-hydrogen) atoms. The number of benzene rings is 1. The molecule has 0 atom stereocenters. The van der Waals surface area contributed by atoms with Gasteiger partial charge >= 0.3 is 0 Å². The van der Waals surface area contributed by atoms with Crippen molar-refractivity contribution >= 4 is 0 Å². The van der Waals surface area contributed by atoms with Gasteiger partial charge in [-0.05, 0) is 42.9 Å². The van der Waals surface area contributed by atoms with E-state index in [2.05, 4.69) is 38.1 Å². The molecule has 84 valence electrons. The van der Waals surface area contributed by atoms with Gasteiger partial charge in [0.25, 0.3) is 0 Å². The first-order valence-electron chi connectivity index (χ1n) is 6.24. The van der Waals surface area contributed by atoms with Crippen molar-refractivity contribution in [2.75, 3.05) is 0 Å². The first-order chi connectivity index (χ1) is 7.73. The average molecular weight is 213 g/mol. The van der Waals surface area contributed by atoms with Crippen LogP contribution < -0.4 is 0 Å².